The molecule has 0 atom stereocenters. The Morgan fingerprint density at radius 3 is 2.46 bits per heavy atom. The first kappa shape index (κ1) is 18.4. The van der Waals surface area contributed by atoms with E-state index in [-0.39, 0.29) is 5.97 Å². The van der Waals surface area contributed by atoms with Gasteiger partial charge >= 0.3 is 5.97 Å². The van der Waals surface area contributed by atoms with Gasteiger partial charge in [0.1, 0.15) is 11.3 Å². The molecule has 0 spiro atoms. The van der Waals surface area contributed by atoms with E-state index >= 15 is 0 Å². The Balaban J connectivity index is 1.82. The fraction of sp³-hybridized carbons (Fsp3) is 0.348. The van der Waals surface area contributed by atoms with E-state index < -0.39 is 0 Å². The Kier molecular flexibility index (Phi) is 5.24. The van der Waals surface area contributed by atoms with Crippen molar-refractivity contribution in [3.05, 3.63) is 48.0 Å². The molecule has 1 saturated carbocycles. The van der Waals surface area contributed by atoms with Crippen LogP contribution >= 0.6 is 0 Å². The maximum Gasteiger partial charge on any atom is 0.337 e. The monoisotopic (exact) mass is 379 g/mol. The third kappa shape index (κ3) is 3.57. The lowest BCUT2D eigenvalue weighted by Gasteiger charge is -2.23. The molecule has 1 heterocycles. The average Bonchev–Trinajstić information content (AvgIpc) is 3.10. The normalized spacial score (nSPS) is 14.8. The highest BCUT2D eigenvalue weighted by atomic mass is 16.5. The largest absolute Gasteiger partial charge is 0.497 e. The van der Waals surface area contributed by atoms with E-state index in [0.717, 1.165) is 46.6 Å². The van der Waals surface area contributed by atoms with Crippen molar-refractivity contribution in [2.45, 2.75) is 38.1 Å². The van der Waals surface area contributed by atoms with Crippen LogP contribution < -0.4 is 10.1 Å². The topological polar surface area (TPSA) is 60.7 Å². The number of nitrogens with one attached hydrogen (secondary N) is 1. The van der Waals surface area contributed by atoms with Crippen molar-refractivity contribution in [3.8, 4) is 16.9 Å². The molecular weight excluding hydrogens is 354 g/mol. The highest BCUT2D eigenvalue weighted by molar-refractivity contribution is 6.04. The molecule has 1 aliphatic rings. The molecule has 5 nitrogen and oxygen atoms in total. The first-order valence-corrected chi connectivity index (χ1v) is 9.75. The van der Waals surface area contributed by atoms with Crippen LogP contribution in [0.5, 0.6) is 5.75 Å². The van der Waals surface area contributed by atoms with Crippen LogP contribution in [-0.4, -0.2) is 26.2 Å². The van der Waals surface area contributed by atoms with Gasteiger partial charge in [-0.3, -0.25) is 0 Å². The third-order valence-corrected chi connectivity index (χ3v) is 5.43. The maximum absolute atomic E-state index is 12.0. The second-order valence-electron chi connectivity index (χ2n) is 7.22. The molecule has 5 heteroatoms. The van der Waals surface area contributed by atoms with Crippen molar-refractivity contribution >= 4 is 22.8 Å². The van der Waals surface area contributed by atoms with Crippen LogP contribution in [0, 0.1) is 0 Å². The third-order valence-electron chi connectivity index (χ3n) is 5.43. The van der Waals surface area contributed by atoms with Gasteiger partial charge in [-0.25, -0.2) is 4.79 Å². The van der Waals surface area contributed by atoms with E-state index in [0.29, 0.717) is 11.6 Å². The van der Waals surface area contributed by atoms with Gasteiger partial charge in [-0.1, -0.05) is 31.4 Å². The summed E-state index contributed by atoms with van der Waals surface area (Å²) in [6.07, 6.45) is 6.07. The lowest BCUT2D eigenvalue weighted by Crippen LogP contribution is -2.22. The van der Waals surface area contributed by atoms with Gasteiger partial charge < -0.3 is 19.2 Å². The lowest BCUT2D eigenvalue weighted by atomic mass is 9.95. The van der Waals surface area contributed by atoms with E-state index in [9.17, 15) is 4.79 Å². The van der Waals surface area contributed by atoms with E-state index in [1.165, 1.54) is 26.4 Å². The van der Waals surface area contributed by atoms with Gasteiger partial charge in [0.05, 0.1) is 25.3 Å². The van der Waals surface area contributed by atoms with Gasteiger partial charge in [0.2, 0.25) is 5.88 Å². The molecule has 0 aliphatic heterocycles. The van der Waals surface area contributed by atoms with Crippen LogP contribution in [-0.2, 0) is 4.74 Å². The predicted molar refractivity (Wildman–Crippen MR) is 110 cm³/mol. The summed E-state index contributed by atoms with van der Waals surface area (Å²) in [5.41, 5.74) is 3.24. The summed E-state index contributed by atoms with van der Waals surface area (Å²) >= 11 is 0. The van der Waals surface area contributed by atoms with Gasteiger partial charge in [0.25, 0.3) is 0 Å². The number of anilines is 1. The van der Waals surface area contributed by atoms with E-state index in [4.69, 9.17) is 13.9 Å². The molecule has 0 amide bonds. The minimum absolute atomic E-state index is 0.356. The first-order chi connectivity index (χ1) is 13.7. The summed E-state index contributed by atoms with van der Waals surface area (Å²) in [6.45, 7) is 0. The number of fused-ring (bicyclic) bond motifs is 1. The van der Waals surface area contributed by atoms with Gasteiger partial charge in [0, 0.05) is 11.4 Å². The Morgan fingerprint density at radius 2 is 1.79 bits per heavy atom. The van der Waals surface area contributed by atoms with E-state index in [1.807, 2.05) is 36.4 Å². The van der Waals surface area contributed by atoms with Crippen LogP contribution in [0.3, 0.4) is 0 Å². The predicted octanol–water partition coefficient (Wildman–Crippen LogP) is 5.64. The number of carbonyl (C=O) groups is 1. The molecule has 1 aliphatic carbocycles. The number of methoxy groups -OCH3 is 2. The van der Waals surface area contributed by atoms with Gasteiger partial charge in [0.15, 0.2) is 0 Å². The van der Waals surface area contributed by atoms with Crippen molar-refractivity contribution < 1.29 is 18.7 Å². The summed E-state index contributed by atoms with van der Waals surface area (Å²) in [7, 11) is 3.04. The first-order valence-electron chi connectivity index (χ1n) is 9.75. The zero-order valence-electron chi connectivity index (χ0n) is 16.3. The van der Waals surface area contributed by atoms with Crippen LogP contribution in [0.4, 0.5) is 5.88 Å². The minimum atomic E-state index is -0.356. The number of rotatable bonds is 5. The number of hydrogen-bond donors (Lipinski definition) is 1. The highest BCUT2D eigenvalue weighted by Gasteiger charge is 2.22. The Morgan fingerprint density at radius 1 is 1.04 bits per heavy atom. The molecule has 1 N–H and O–H groups in total. The minimum Gasteiger partial charge on any atom is -0.497 e. The fourth-order valence-corrected chi connectivity index (χ4v) is 3.92. The molecule has 1 fully saturated rings. The van der Waals surface area contributed by atoms with Gasteiger partial charge in [-0.05, 0) is 48.7 Å². The zero-order valence-corrected chi connectivity index (χ0v) is 16.3. The quantitative estimate of drug-likeness (QED) is 0.581. The summed E-state index contributed by atoms with van der Waals surface area (Å²) in [5.74, 6) is 1.20. The van der Waals surface area contributed by atoms with Gasteiger partial charge in [-0.15, -0.1) is 0 Å². The van der Waals surface area contributed by atoms with Crippen LogP contribution in [0.1, 0.15) is 42.5 Å². The molecule has 1 aromatic heterocycles. The molecule has 28 heavy (non-hydrogen) atoms. The summed E-state index contributed by atoms with van der Waals surface area (Å²) < 4.78 is 16.4. The number of furan rings is 1. The van der Waals surface area contributed by atoms with Gasteiger partial charge in [-0.2, -0.15) is 0 Å². The van der Waals surface area contributed by atoms with Crippen LogP contribution in [0.25, 0.3) is 22.1 Å². The van der Waals surface area contributed by atoms with E-state index in [1.54, 1.807) is 13.2 Å². The Hall–Kier alpha value is -2.95. The molecule has 3 aromatic rings. The molecule has 0 radical (unpaired) electrons. The number of benzene rings is 2. The molecule has 2 aromatic carbocycles. The zero-order chi connectivity index (χ0) is 19.5. The fourth-order valence-electron chi connectivity index (χ4n) is 3.92. The van der Waals surface area contributed by atoms with Crippen molar-refractivity contribution in [2.75, 3.05) is 19.5 Å². The smallest absolute Gasteiger partial charge is 0.337 e. The number of ether oxygens (including phenoxy) is 2. The summed E-state index contributed by atoms with van der Waals surface area (Å²) in [6, 6.07) is 13.7. The molecular formula is C23H25NO4. The molecule has 146 valence electrons. The Labute approximate surface area is 164 Å². The maximum atomic E-state index is 12.0. The molecule has 4 rings (SSSR count). The number of esters is 1. The van der Waals surface area contributed by atoms with Crippen molar-refractivity contribution in [3.63, 3.8) is 0 Å². The Bertz CT molecular complexity index is 968. The standard InChI is InChI=1S/C23H25NO4/c1-26-18-11-8-15(9-12-18)21-19-14-16(23(25)27-2)10-13-20(19)28-22(21)24-17-6-4-3-5-7-17/h8-14,17,24H,3-7H2,1-2H3. The molecule has 0 bridgehead atoms. The molecule has 0 unspecified atom stereocenters. The highest BCUT2D eigenvalue weighted by Crippen LogP contribution is 2.40. The second-order valence-corrected chi connectivity index (χ2v) is 7.22. The van der Waals surface area contributed by atoms with E-state index in [2.05, 4.69) is 5.32 Å². The lowest BCUT2D eigenvalue weighted by molar-refractivity contribution is 0.0601. The molecule has 0 saturated heterocycles. The van der Waals surface area contributed by atoms with Crippen molar-refractivity contribution in [2.24, 2.45) is 0 Å². The average molecular weight is 379 g/mol. The SMILES string of the molecule is COC(=O)c1ccc2oc(NC3CCCCC3)c(-c3ccc(OC)cc3)c2c1. The number of hydrogen-bond acceptors (Lipinski definition) is 5. The van der Waals surface area contributed by atoms with Crippen LogP contribution in [0.2, 0.25) is 0 Å². The summed E-state index contributed by atoms with van der Waals surface area (Å²) in [4.78, 5) is 12.0. The van der Waals surface area contributed by atoms with Crippen molar-refractivity contribution in [1.29, 1.82) is 0 Å². The second kappa shape index (κ2) is 7.97. The number of carbonyl (C=O) groups excluding carboxylic acids is 1. The van der Waals surface area contributed by atoms with Crippen molar-refractivity contribution in [1.82, 2.24) is 0 Å². The van der Waals surface area contributed by atoms with Crippen LogP contribution in [0.15, 0.2) is 46.9 Å². The summed E-state index contributed by atoms with van der Waals surface area (Å²) in [5, 5.41) is 4.51.